The summed E-state index contributed by atoms with van der Waals surface area (Å²) in [4.78, 5) is 35.4. The van der Waals surface area contributed by atoms with Crippen LogP contribution in [0.15, 0.2) is 0 Å². The van der Waals surface area contributed by atoms with E-state index in [4.69, 9.17) is 0 Å². The molecule has 2 fully saturated rings. The molecule has 0 bridgehead atoms. The zero-order chi connectivity index (χ0) is 13.7. The first-order chi connectivity index (χ1) is 9.16. The van der Waals surface area contributed by atoms with Crippen molar-refractivity contribution in [2.24, 2.45) is 5.92 Å². The highest BCUT2D eigenvalue weighted by Gasteiger charge is 2.27. The average molecular weight is 267 g/mol. The van der Waals surface area contributed by atoms with Gasteiger partial charge in [-0.3, -0.25) is 19.3 Å². The molecule has 0 radical (unpaired) electrons. The van der Waals surface area contributed by atoms with Crippen LogP contribution in [0.5, 0.6) is 0 Å². The van der Waals surface area contributed by atoms with E-state index in [0.29, 0.717) is 38.9 Å². The minimum Gasteiger partial charge on any atom is -0.355 e. The Labute approximate surface area is 112 Å². The van der Waals surface area contributed by atoms with Gasteiger partial charge in [0.2, 0.25) is 17.7 Å². The molecule has 1 heterocycles. The standard InChI is InChI=1S/C13H21N3O3/c17-11(9-14-8-10-2-3-10)15-6-1-7-16-12(18)4-5-13(16)19/h10,14H,1-9H2,(H,15,17). The maximum absolute atomic E-state index is 11.4. The number of carbonyl (C=O) groups excluding carboxylic acids is 3. The molecule has 0 unspecified atom stereocenters. The van der Waals surface area contributed by atoms with Crippen LogP contribution in [0.3, 0.4) is 0 Å². The third-order valence-corrected chi connectivity index (χ3v) is 3.45. The van der Waals surface area contributed by atoms with Crippen molar-refractivity contribution in [2.45, 2.75) is 32.1 Å². The highest BCUT2D eigenvalue weighted by molar-refractivity contribution is 6.01. The second-order valence-corrected chi connectivity index (χ2v) is 5.22. The number of amides is 3. The van der Waals surface area contributed by atoms with Crippen LogP contribution in [0, 0.1) is 5.92 Å². The number of rotatable bonds is 8. The van der Waals surface area contributed by atoms with Gasteiger partial charge in [0.05, 0.1) is 6.54 Å². The Balaban J connectivity index is 1.49. The Kier molecular flexibility index (Phi) is 4.90. The fraction of sp³-hybridized carbons (Fsp3) is 0.769. The lowest BCUT2D eigenvalue weighted by Crippen LogP contribution is -2.37. The third-order valence-electron chi connectivity index (χ3n) is 3.45. The number of carbonyl (C=O) groups is 3. The summed E-state index contributed by atoms with van der Waals surface area (Å²) in [6, 6.07) is 0. The van der Waals surface area contributed by atoms with E-state index in [2.05, 4.69) is 10.6 Å². The quantitative estimate of drug-likeness (QED) is 0.465. The van der Waals surface area contributed by atoms with Crippen LogP contribution in [0.2, 0.25) is 0 Å². The van der Waals surface area contributed by atoms with Gasteiger partial charge in [-0.1, -0.05) is 0 Å². The van der Waals surface area contributed by atoms with E-state index < -0.39 is 0 Å². The van der Waals surface area contributed by atoms with Gasteiger partial charge in [-0.25, -0.2) is 0 Å². The molecule has 2 aliphatic rings. The van der Waals surface area contributed by atoms with Crippen LogP contribution in [0.25, 0.3) is 0 Å². The normalized spacial score (nSPS) is 19.1. The number of hydrogen-bond donors (Lipinski definition) is 2. The van der Waals surface area contributed by atoms with E-state index in [-0.39, 0.29) is 17.7 Å². The Morgan fingerprint density at radius 2 is 1.89 bits per heavy atom. The van der Waals surface area contributed by atoms with E-state index in [0.717, 1.165) is 12.5 Å². The molecule has 0 atom stereocenters. The average Bonchev–Trinajstić information content (AvgIpc) is 3.14. The Morgan fingerprint density at radius 3 is 2.53 bits per heavy atom. The molecular formula is C13H21N3O3. The van der Waals surface area contributed by atoms with Gasteiger partial charge in [-0.05, 0) is 31.7 Å². The van der Waals surface area contributed by atoms with Gasteiger partial charge in [-0.15, -0.1) is 0 Å². The van der Waals surface area contributed by atoms with Crippen molar-refractivity contribution in [3.63, 3.8) is 0 Å². The second-order valence-electron chi connectivity index (χ2n) is 5.22. The fourth-order valence-corrected chi connectivity index (χ4v) is 2.11. The summed E-state index contributed by atoms with van der Waals surface area (Å²) in [5, 5.41) is 5.89. The SMILES string of the molecule is O=C(CNCC1CC1)NCCCN1C(=O)CCC1=O. The van der Waals surface area contributed by atoms with Crippen molar-refractivity contribution >= 4 is 17.7 Å². The molecule has 2 N–H and O–H groups in total. The molecule has 1 aliphatic heterocycles. The number of imide groups is 1. The lowest BCUT2D eigenvalue weighted by molar-refractivity contribution is -0.138. The van der Waals surface area contributed by atoms with E-state index in [9.17, 15) is 14.4 Å². The van der Waals surface area contributed by atoms with Gasteiger partial charge < -0.3 is 10.6 Å². The van der Waals surface area contributed by atoms with Gasteiger partial charge in [0.15, 0.2) is 0 Å². The predicted molar refractivity (Wildman–Crippen MR) is 69.2 cm³/mol. The summed E-state index contributed by atoms with van der Waals surface area (Å²) in [7, 11) is 0. The van der Waals surface area contributed by atoms with Crippen molar-refractivity contribution in [2.75, 3.05) is 26.2 Å². The minimum atomic E-state index is -0.0950. The Bertz CT molecular complexity index is 350. The van der Waals surface area contributed by atoms with Crippen molar-refractivity contribution in [3.8, 4) is 0 Å². The molecule has 1 saturated carbocycles. The molecule has 0 aromatic rings. The first-order valence-corrected chi connectivity index (χ1v) is 6.97. The summed E-state index contributed by atoms with van der Waals surface area (Å²) in [5.74, 6) is 0.546. The third kappa shape index (κ3) is 4.63. The lowest BCUT2D eigenvalue weighted by Gasteiger charge is -2.13. The molecule has 3 amide bonds. The molecule has 6 nitrogen and oxygen atoms in total. The van der Waals surface area contributed by atoms with E-state index >= 15 is 0 Å². The van der Waals surface area contributed by atoms with Crippen LogP contribution < -0.4 is 10.6 Å². The minimum absolute atomic E-state index is 0.0280. The first-order valence-electron chi connectivity index (χ1n) is 6.97. The van der Waals surface area contributed by atoms with Crippen molar-refractivity contribution in [1.29, 1.82) is 0 Å². The molecular weight excluding hydrogens is 246 g/mol. The van der Waals surface area contributed by atoms with Crippen LogP contribution in [-0.4, -0.2) is 48.8 Å². The molecule has 0 aromatic heterocycles. The molecule has 2 rings (SSSR count). The van der Waals surface area contributed by atoms with E-state index in [1.54, 1.807) is 0 Å². The highest BCUT2D eigenvalue weighted by Crippen LogP contribution is 2.27. The molecule has 0 aromatic carbocycles. The molecule has 1 saturated heterocycles. The van der Waals surface area contributed by atoms with Gasteiger partial charge >= 0.3 is 0 Å². The number of nitrogens with one attached hydrogen (secondary N) is 2. The summed E-state index contributed by atoms with van der Waals surface area (Å²) < 4.78 is 0. The molecule has 1 aliphatic carbocycles. The lowest BCUT2D eigenvalue weighted by atomic mass is 10.3. The Hall–Kier alpha value is -1.43. The maximum atomic E-state index is 11.4. The summed E-state index contributed by atoms with van der Waals surface area (Å²) >= 11 is 0. The van der Waals surface area contributed by atoms with E-state index in [1.165, 1.54) is 17.7 Å². The molecule has 106 valence electrons. The van der Waals surface area contributed by atoms with Crippen LogP contribution in [0.1, 0.15) is 32.1 Å². The monoisotopic (exact) mass is 267 g/mol. The zero-order valence-electron chi connectivity index (χ0n) is 11.1. The maximum Gasteiger partial charge on any atom is 0.233 e. The molecule has 6 heteroatoms. The smallest absolute Gasteiger partial charge is 0.233 e. The fourth-order valence-electron chi connectivity index (χ4n) is 2.11. The second kappa shape index (κ2) is 6.65. The summed E-state index contributed by atoms with van der Waals surface area (Å²) in [6.07, 6.45) is 3.82. The Morgan fingerprint density at radius 1 is 1.21 bits per heavy atom. The number of likely N-dealkylation sites (tertiary alicyclic amines) is 1. The zero-order valence-corrected chi connectivity index (χ0v) is 11.1. The van der Waals surface area contributed by atoms with Gasteiger partial charge in [0.1, 0.15) is 0 Å². The van der Waals surface area contributed by atoms with Crippen LogP contribution >= 0.6 is 0 Å². The summed E-state index contributed by atoms with van der Waals surface area (Å²) in [6.45, 7) is 2.18. The van der Waals surface area contributed by atoms with E-state index in [1.807, 2.05) is 0 Å². The molecule has 19 heavy (non-hydrogen) atoms. The van der Waals surface area contributed by atoms with Gasteiger partial charge in [0.25, 0.3) is 0 Å². The summed E-state index contributed by atoms with van der Waals surface area (Å²) in [5.41, 5.74) is 0. The molecule has 0 spiro atoms. The van der Waals surface area contributed by atoms with Crippen LogP contribution in [0.4, 0.5) is 0 Å². The largest absolute Gasteiger partial charge is 0.355 e. The van der Waals surface area contributed by atoms with Crippen molar-refractivity contribution in [1.82, 2.24) is 15.5 Å². The van der Waals surface area contributed by atoms with Crippen molar-refractivity contribution in [3.05, 3.63) is 0 Å². The number of hydrogen-bond acceptors (Lipinski definition) is 4. The van der Waals surface area contributed by atoms with Gasteiger partial charge in [0, 0.05) is 25.9 Å². The van der Waals surface area contributed by atoms with Crippen molar-refractivity contribution < 1.29 is 14.4 Å². The predicted octanol–water partition coefficient (Wildman–Crippen LogP) is -0.359. The van der Waals surface area contributed by atoms with Gasteiger partial charge in [-0.2, -0.15) is 0 Å². The number of nitrogens with zero attached hydrogens (tertiary/aromatic N) is 1. The first kappa shape index (κ1) is 14.0. The highest BCUT2D eigenvalue weighted by atomic mass is 16.2. The topological polar surface area (TPSA) is 78.5 Å². The van der Waals surface area contributed by atoms with Crippen LogP contribution in [-0.2, 0) is 14.4 Å².